The summed E-state index contributed by atoms with van der Waals surface area (Å²) >= 11 is 1.49. The van der Waals surface area contributed by atoms with Crippen LogP contribution in [0.3, 0.4) is 0 Å². The van der Waals surface area contributed by atoms with E-state index < -0.39 is 0 Å². The largest absolute Gasteiger partial charge is 0.494 e. The first-order chi connectivity index (χ1) is 15.1. The molecule has 0 bridgehead atoms. The van der Waals surface area contributed by atoms with Crippen molar-refractivity contribution in [2.24, 2.45) is 12.2 Å². The van der Waals surface area contributed by atoms with E-state index in [4.69, 9.17) is 24.2 Å². The minimum atomic E-state index is -0.294. The summed E-state index contributed by atoms with van der Waals surface area (Å²) in [5.74, 6) is 1.81. The molecule has 2 aromatic heterocycles. The Balaban J connectivity index is 1.60. The Labute approximate surface area is 183 Å². The molecule has 0 aliphatic carbocycles. The van der Waals surface area contributed by atoms with Crippen molar-refractivity contribution in [3.05, 3.63) is 35.0 Å². The number of anilines is 1. The molecule has 1 atom stereocenters. The van der Waals surface area contributed by atoms with Crippen molar-refractivity contribution >= 4 is 34.4 Å². The van der Waals surface area contributed by atoms with Gasteiger partial charge in [-0.15, -0.1) is 4.91 Å². The third-order valence-electron chi connectivity index (χ3n) is 4.92. The van der Waals surface area contributed by atoms with Crippen LogP contribution >= 0.6 is 11.8 Å². The van der Waals surface area contributed by atoms with Gasteiger partial charge in [-0.05, 0) is 29.8 Å². The number of morpholine rings is 1. The molecule has 0 N–H and O–H groups in total. The maximum Gasteiger partial charge on any atom is 0.191 e. The zero-order valence-electron chi connectivity index (χ0n) is 17.6. The van der Waals surface area contributed by atoms with E-state index in [2.05, 4.69) is 15.1 Å². The highest BCUT2D eigenvalue weighted by atomic mass is 32.2. The van der Waals surface area contributed by atoms with E-state index in [-0.39, 0.29) is 12.0 Å². The van der Waals surface area contributed by atoms with E-state index >= 15 is 0 Å². The van der Waals surface area contributed by atoms with Gasteiger partial charge in [-0.1, -0.05) is 17.8 Å². The number of aromatic nitrogens is 4. The van der Waals surface area contributed by atoms with Crippen molar-refractivity contribution in [1.82, 2.24) is 19.5 Å². The van der Waals surface area contributed by atoms with Crippen LogP contribution in [0.4, 0.5) is 11.5 Å². The minimum Gasteiger partial charge on any atom is -0.494 e. The molecule has 0 spiro atoms. The van der Waals surface area contributed by atoms with Crippen LogP contribution in [0.15, 0.2) is 34.9 Å². The average molecular weight is 445 g/mol. The fourth-order valence-electron chi connectivity index (χ4n) is 3.40. The van der Waals surface area contributed by atoms with Crippen LogP contribution in [0.1, 0.15) is 12.5 Å². The fourth-order valence-corrected chi connectivity index (χ4v) is 4.18. The summed E-state index contributed by atoms with van der Waals surface area (Å²) in [6, 6.07) is 5.36. The zero-order valence-corrected chi connectivity index (χ0v) is 18.5. The fraction of sp³-hybridized carbons (Fsp3) is 0.450. The van der Waals surface area contributed by atoms with Gasteiger partial charge in [0, 0.05) is 26.0 Å². The predicted octanol–water partition coefficient (Wildman–Crippen LogP) is 3.26. The zero-order chi connectivity index (χ0) is 21.8. The highest BCUT2D eigenvalue weighted by Crippen LogP contribution is 2.32. The van der Waals surface area contributed by atoms with Crippen LogP contribution in [0, 0.1) is 4.91 Å². The number of ether oxygens (including phenoxy) is 3. The minimum absolute atomic E-state index is 0.277. The summed E-state index contributed by atoms with van der Waals surface area (Å²) in [5, 5.41) is 3.67. The number of nitrogens with zero attached hydrogens (tertiary/aromatic N) is 6. The van der Waals surface area contributed by atoms with Gasteiger partial charge in [-0.2, -0.15) is 0 Å². The van der Waals surface area contributed by atoms with Gasteiger partial charge in [0.2, 0.25) is 0 Å². The Morgan fingerprint density at radius 2 is 2.23 bits per heavy atom. The molecular formula is C20H24N6O4S. The molecule has 1 saturated heterocycles. The maximum atomic E-state index is 11.1. The lowest BCUT2D eigenvalue weighted by Crippen LogP contribution is -2.44. The quantitative estimate of drug-likeness (QED) is 0.294. The molecule has 0 saturated carbocycles. The molecule has 1 fully saturated rings. The van der Waals surface area contributed by atoms with E-state index in [0.717, 1.165) is 22.5 Å². The summed E-state index contributed by atoms with van der Waals surface area (Å²) in [4.78, 5) is 27.2. The van der Waals surface area contributed by atoms with Gasteiger partial charge in [-0.25, -0.2) is 15.0 Å². The van der Waals surface area contributed by atoms with Crippen LogP contribution in [-0.4, -0.2) is 59.2 Å². The average Bonchev–Trinajstić information content (AvgIpc) is 3.18. The predicted molar refractivity (Wildman–Crippen MR) is 118 cm³/mol. The van der Waals surface area contributed by atoms with Crippen LogP contribution in [0.25, 0.3) is 11.2 Å². The van der Waals surface area contributed by atoms with Gasteiger partial charge in [-0.3, -0.25) is 0 Å². The number of imidazole rings is 1. The Hall–Kier alpha value is -2.76. The molecule has 3 heterocycles. The molecule has 0 radical (unpaired) electrons. The second kappa shape index (κ2) is 9.58. The first-order valence-corrected chi connectivity index (χ1v) is 10.9. The number of fused-ring (bicyclic) bond motifs is 1. The summed E-state index contributed by atoms with van der Waals surface area (Å²) < 4.78 is 18.4. The van der Waals surface area contributed by atoms with Gasteiger partial charge >= 0.3 is 0 Å². The van der Waals surface area contributed by atoms with E-state index in [1.54, 1.807) is 18.5 Å². The molecule has 31 heavy (non-hydrogen) atoms. The molecule has 4 rings (SSSR count). The molecule has 1 aliphatic rings. The number of thioether (sulfide) groups is 1. The Morgan fingerprint density at radius 3 is 3.00 bits per heavy atom. The number of nitroso groups, excluding NO2 is 1. The lowest BCUT2D eigenvalue weighted by atomic mass is 10.2. The van der Waals surface area contributed by atoms with Crippen molar-refractivity contribution in [3.8, 4) is 5.75 Å². The Morgan fingerprint density at radius 1 is 1.35 bits per heavy atom. The van der Waals surface area contributed by atoms with Gasteiger partial charge in [0.05, 0.1) is 26.6 Å². The lowest BCUT2D eigenvalue weighted by Gasteiger charge is -2.33. The van der Waals surface area contributed by atoms with Crippen LogP contribution < -0.4 is 9.64 Å². The van der Waals surface area contributed by atoms with Crippen molar-refractivity contribution in [1.29, 1.82) is 0 Å². The first kappa shape index (κ1) is 21.5. The van der Waals surface area contributed by atoms with Crippen LogP contribution in [0.2, 0.25) is 0 Å². The molecule has 1 aliphatic heterocycles. The molecule has 164 valence electrons. The molecular weight excluding hydrogens is 420 g/mol. The van der Waals surface area contributed by atoms with Gasteiger partial charge in [0.1, 0.15) is 11.4 Å². The first-order valence-electron chi connectivity index (χ1n) is 9.93. The van der Waals surface area contributed by atoms with Crippen molar-refractivity contribution in [3.63, 3.8) is 0 Å². The van der Waals surface area contributed by atoms with Gasteiger partial charge in [0.25, 0.3) is 0 Å². The highest BCUT2D eigenvalue weighted by Gasteiger charge is 2.25. The topological polar surface area (TPSA) is 104 Å². The second-order valence-electron chi connectivity index (χ2n) is 6.95. The number of benzene rings is 1. The Kier molecular flexibility index (Phi) is 6.64. The van der Waals surface area contributed by atoms with E-state index in [1.807, 2.05) is 24.6 Å². The standard InChI is InChI=1S/C20H24N6O4S/c1-4-29-16-10-26(7-8-30-16)19-17-18(25(2)12-21-17)22-20(23-19)31-11-13-5-6-15(28-3)14(9-13)24-27/h5-6,9,12,16H,4,7-8,10-11H2,1-3H3. The van der Waals surface area contributed by atoms with Crippen molar-refractivity contribution < 1.29 is 14.2 Å². The van der Waals surface area contributed by atoms with E-state index in [1.165, 1.54) is 18.9 Å². The lowest BCUT2D eigenvalue weighted by molar-refractivity contribution is -0.143. The molecule has 10 nitrogen and oxygen atoms in total. The van der Waals surface area contributed by atoms with Gasteiger partial charge in [0.15, 0.2) is 28.4 Å². The second-order valence-corrected chi connectivity index (χ2v) is 7.89. The third kappa shape index (κ3) is 4.63. The molecule has 3 aromatic rings. The normalized spacial score (nSPS) is 16.6. The van der Waals surface area contributed by atoms with E-state index in [9.17, 15) is 4.91 Å². The molecule has 1 aromatic carbocycles. The summed E-state index contributed by atoms with van der Waals surface area (Å²) in [5.41, 5.74) is 2.72. The highest BCUT2D eigenvalue weighted by molar-refractivity contribution is 7.98. The van der Waals surface area contributed by atoms with Crippen molar-refractivity contribution in [2.45, 2.75) is 24.1 Å². The van der Waals surface area contributed by atoms with E-state index in [0.29, 0.717) is 43.0 Å². The van der Waals surface area contributed by atoms with Crippen molar-refractivity contribution in [2.75, 3.05) is 38.3 Å². The smallest absolute Gasteiger partial charge is 0.191 e. The molecule has 11 heteroatoms. The SMILES string of the molecule is CCOC1CN(c2nc(SCc3ccc(OC)c(N=O)c3)nc3c2ncn3C)CCO1. The Bertz CT molecular complexity index is 1070. The molecule has 0 amide bonds. The molecule has 1 unspecified atom stereocenters. The third-order valence-corrected chi connectivity index (χ3v) is 5.84. The number of methoxy groups -OCH3 is 1. The number of hydrogen-bond donors (Lipinski definition) is 0. The summed E-state index contributed by atoms with van der Waals surface area (Å²) in [7, 11) is 3.42. The number of aryl methyl sites for hydroxylation is 1. The van der Waals surface area contributed by atoms with Crippen LogP contribution in [-0.2, 0) is 22.3 Å². The summed E-state index contributed by atoms with van der Waals surface area (Å²) in [6.45, 7) is 4.36. The van der Waals surface area contributed by atoms with Gasteiger partial charge < -0.3 is 23.7 Å². The number of rotatable bonds is 8. The maximum absolute atomic E-state index is 11.1. The van der Waals surface area contributed by atoms with Crippen LogP contribution in [0.5, 0.6) is 5.75 Å². The number of hydrogen-bond acceptors (Lipinski definition) is 10. The summed E-state index contributed by atoms with van der Waals surface area (Å²) in [6.07, 6.45) is 1.45. The monoisotopic (exact) mass is 444 g/mol.